The van der Waals surface area contributed by atoms with Gasteiger partial charge in [-0.25, -0.2) is 18.0 Å². The highest BCUT2D eigenvalue weighted by Gasteiger charge is 2.48. The van der Waals surface area contributed by atoms with E-state index in [1.807, 2.05) is 19.9 Å². The molecule has 2 aromatic rings. The van der Waals surface area contributed by atoms with Crippen molar-refractivity contribution in [3.63, 3.8) is 0 Å². The lowest BCUT2D eigenvalue weighted by atomic mass is 9.75. The molecule has 6 nitrogen and oxygen atoms in total. The van der Waals surface area contributed by atoms with Crippen LogP contribution in [-0.4, -0.2) is 56.3 Å². The molecule has 2 heterocycles. The van der Waals surface area contributed by atoms with Crippen LogP contribution in [-0.2, 0) is 22.4 Å². The minimum Gasteiger partial charge on any atom is -0.487 e. The van der Waals surface area contributed by atoms with Gasteiger partial charge in [-0.2, -0.15) is 0 Å². The van der Waals surface area contributed by atoms with Gasteiger partial charge in [0.1, 0.15) is 17.4 Å². The smallest absolute Gasteiger partial charge is 0.272 e. The molecule has 1 N–H and O–H groups in total. The van der Waals surface area contributed by atoms with E-state index in [4.69, 9.17) is 9.47 Å². The molecule has 35 heavy (non-hydrogen) atoms. The summed E-state index contributed by atoms with van der Waals surface area (Å²) in [6.07, 6.45) is -0.261. The van der Waals surface area contributed by atoms with E-state index in [0.717, 1.165) is 11.4 Å². The normalized spacial score (nSPS) is 22.6. The zero-order valence-electron chi connectivity index (χ0n) is 21.0. The molecular formula is C25H36F2N2O4S2. The average Bonchev–Trinajstić information content (AvgIpc) is 3.23. The summed E-state index contributed by atoms with van der Waals surface area (Å²) in [5, 5.41) is 0.683. The topological polar surface area (TPSA) is 71.9 Å². The summed E-state index contributed by atoms with van der Waals surface area (Å²) >= 11 is -0.685. The first-order valence-corrected chi connectivity index (χ1v) is 13.7. The van der Waals surface area contributed by atoms with Crippen molar-refractivity contribution >= 4 is 22.4 Å². The number of halogens is 2. The van der Waals surface area contributed by atoms with Gasteiger partial charge < -0.3 is 14.0 Å². The van der Waals surface area contributed by atoms with Crippen LogP contribution in [0.25, 0.3) is 10.6 Å². The number of nitrogens with zero attached hydrogens (tertiary/aromatic N) is 2. The van der Waals surface area contributed by atoms with E-state index in [1.165, 1.54) is 11.3 Å². The van der Waals surface area contributed by atoms with E-state index in [-0.39, 0.29) is 17.3 Å². The Bertz CT molecular complexity index is 996. The van der Waals surface area contributed by atoms with Gasteiger partial charge in [0, 0.05) is 30.7 Å². The molecule has 0 bridgehead atoms. The lowest BCUT2D eigenvalue weighted by molar-refractivity contribution is -0.0780. The maximum atomic E-state index is 12.7. The number of alkyl halides is 2. The number of aromatic nitrogens is 1. The molecule has 196 valence electrons. The number of para-hydroxylation sites is 1. The van der Waals surface area contributed by atoms with Crippen molar-refractivity contribution in [1.29, 1.82) is 0 Å². The van der Waals surface area contributed by atoms with Gasteiger partial charge in [-0.1, -0.05) is 46.8 Å². The highest BCUT2D eigenvalue weighted by Crippen LogP contribution is 2.41. The van der Waals surface area contributed by atoms with E-state index in [1.54, 1.807) is 24.4 Å². The summed E-state index contributed by atoms with van der Waals surface area (Å²) in [7, 11) is 0. The molecule has 3 atom stereocenters. The van der Waals surface area contributed by atoms with Crippen LogP contribution in [0.4, 0.5) is 8.78 Å². The molecule has 0 amide bonds. The van der Waals surface area contributed by atoms with Crippen molar-refractivity contribution in [1.82, 2.24) is 9.88 Å². The SMILES string of the molecule is CC(C)CO[C@@]1(S(=O)O)CC(C(C)(C)C)CN(Cc2cnc(-c3ccccc3OCC(F)F)s2)C1. The first kappa shape index (κ1) is 28.1. The Morgan fingerprint density at radius 3 is 2.63 bits per heavy atom. The van der Waals surface area contributed by atoms with Gasteiger partial charge in [-0.15, -0.1) is 11.3 Å². The number of ether oxygens (including phenoxy) is 2. The van der Waals surface area contributed by atoms with Crippen LogP contribution in [0.15, 0.2) is 30.5 Å². The minimum absolute atomic E-state index is 0.0652. The van der Waals surface area contributed by atoms with Crippen LogP contribution in [0.3, 0.4) is 0 Å². The van der Waals surface area contributed by atoms with Gasteiger partial charge in [0.25, 0.3) is 6.43 Å². The fraction of sp³-hybridized carbons (Fsp3) is 0.640. The lowest BCUT2D eigenvalue weighted by Gasteiger charge is -2.48. The molecule has 1 aliphatic rings. The average molecular weight is 531 g/mol. The monoisotopic (exact) mass is 530 g/mol. The maximum Gasteiger partial charge on any atom is 0.272 e. The van der Waals surface area contributed by atoms with Crippen molar-refractivity contribution in [2.75, 3.05) is 26.3 Å². The predicted octanol–water partition coefficient (Wildman–Crippen LogP) is 5.91. The highest BCUT2D eigenvalue weighted by atomic mass is 32.2. The van der Waals surface area contributed by atoms with E-state index >= 15 is 0 Å². The van der Waals surface area contributed by atoms with Gasteiger partial charge in [0.05, 0.1) is 12.2 Å². The fourth-order valence-corrected chi connectivity index (χ4v) is 5.96. The number of benzene rings is 1. The number of rotatable bonds is 10. The quantitative estimate of drug-likeness (QED) is 0.385. The summed E-state index contributed by atoms with van der Waals surface area (Å²) in [6, 6.07) is 7.03. The van der Waals surface area contributed by atoms with Crippen LogP contribution in [0.5, 0.6) is 5.75 Å². The van der Waals surface area contributed by atoms with Gasteiger partial charge in [0.2, 0.25) is 0 Å². The Morgan fingerprint density at radius 2 is 2.00 bits per heavy atom. The largest absolute Gasteiger partial charge is 0.487 e. The second-order valence-corrected chi connectivity index (χ2v) is 13.0. The fourth-order valence-electron chi connectivity index (χ4n) is 4.17. The van der Waals surface area contributed by atoms with Crippen molar-refractivity contribution in [3.05, 3.63) is 35.3 Å². The molecule has 0 radical (unpaired) electrons. The molecule has 1 saturated heterocycles. The Balaban J connectivity index is 1.82. The van der Waals surface area contributed by atoms with E-state index in [0.29, 0.717) is 42.4 Å². The van der Waals surface area contributed by atoms with Crippen LogP contribution < -0.4 is 4.74 Å². The van der Waals surface area contributed by atoms with E-state index < -0.39 is 29.0 Å². The van der Waals surface area contributed by atoms with Crippen molar-refractivity contribution in [2.24, 2.45) is 17.3 Å². The summed E-state index contributed by atoms with van der Waals surface area (Å²) < 4.78 is 59.7. The second kappa shape index (κ2) is 11.7. The number of piperidine rings is 1. The molecule has 3 rings (SSSR count). The zero-order valence-corrected chi connectivity index (χ0v) is 22.6. The zero-order chi connectivity index (χ0) is 25.8. The van der Waals surface area contributed by atoms with Gasteiger partial charge in [-0.3, -0.25) is 4.90 Å². The lowest BCUT2D eigenvalue weighted by Crippen LogP contribution is -2.57. The highest BCUT2D eigenvalue weighted by molar-refractivity contribution is 7.80. The number of hydrogen-bond donors (Lipinski definition) is 1. The van der Waals surface area contributed by atoms with Gasteiger partial charge >= 0.3 is 0 Å². The molecule has 10 heteroatoms. The van der Waals surface area contributed by atoms with Crippen molar-refractivity contribution in [3.8, 4) is 16.3 Å². The Kier molecular flexibility index (Phi) is 9.42. The standard InChI is InChI=1S/C25H36F2N2O4S2/c1-17(2)14-33-25(35(30)31)10-18(24(3,4)5)12-29(16-25)13-19-11-28-23(34-19)20-8-6-7-9-21(20)32-15-22(26)27/h6-9,11,17-18,22H,10,12-16H2,1-5H3,(H,30,31)/t18?,25-/m1/s1. The summed E-state index contributed by atoms with van der Waals surface area (Å²) in [6.45, 7) is 11.9. The van der Waals surface area contributed by atoms with Gasteiger partial charge in [-0.05, 0) is 35.8 Å². The van der Waals surface area contributed by atoms with E-state index in [2.05, 4.69) is 30.7 Å². The Morgan fingerprint density at radius 1 is 1.29 bits per heavy atom. The number of thiazole rings is 1. The van der Waals surface area contributed by atoms with Crippen LogP contribution >= 0.6 is 11.3 Å². The van der Waals surface area contributed by atoms with Gasteiger partial charge in [0.15, 0.2) is 16.0 Å². The molecule has 0 saturated carbocycles. The maximum absolute atomic E-state index is 12.7. The first-order chi connectivity index (χ1) is 16.4. The van der Waals surface area contributed by atoms with Crippen LogP contribution in [0.1, 0.15) is 45.9 Å². The molecular weight excluding hydrogens is 494 g/mol. The molecule has 0 spiro atoms. The Labute approximate surface area is 213 Å². The summed E-state index contributed by atoms with van der Waals surface area (Å²) in [5.74, 6) is 0.780. The molecule has 0 aliphatic carbocycles. The third-order valence-electron chi connectivity index (χ3n) is 6.14. The van der Waals surface area contributed by atoms with Crippen LogP contribution in [0.2, 0.25) is 0 Å². The summed E-state index contributed by atoms with van der Waals surface area (Å²) in [4.78, 5) is 6.52. The van der Waals surface area contributed by atoms with Crippen molar-refractivity contribution < 1.29 is 27.0 Å². The van der Waals surface area contributed by atoms with E-state index in [9.17, 15) is 17.5 Å². The summed E-state index contributed by atoms with van der Waals surface area (Å²) in [5.41, 5.74) is 0.603. The molecule has 1 aromatic heterocycles. The third-order valence-corrected chi connectivity index (χ3v) is 8.20. The molecule has 1 aromatic carbocycles. The molecule has 1 aliphatic heterocycles. The third kappa shape index (κ3) is 7.52. The molecule has 1 fully saturated rings. The minimum atomic E-state index is -2.56. The molecule has 2 unspecified atom stereocenters. The predicted molar refractivity (Wildman–Crippen MR) is 136 cm³/mol. The second-order valence-electron chi connectivity index (χ2n) is 10.6. The Hall–Kier alpha value is -1.46. The number of likely N-dealkylation sites (tertiary alicyclic amines) is 1. The first-order valence-electron chi connectivity index (χ1n) is 11.8. The number of hydrogen-bond acceptors (Lipinski definition) is 6. The van der Waals surface area contributed by atoms with Crippen molar-refractivity contribution in [2.45, 2.75) is 58.9 Å². The van der Waals surface area contributed by atoms with Crippen LogP contribution in [0, 0.1) is 17.3 Å².